The molecule has 1 fully saturated rings. The highest BCUT2D eigenvalue weighted by Gasteiger charge is 2.18. The maximum Gasteiger partial charge on any atom is 0.317 e. The molecule has 1 aromatic rings. The molecule has 0 bridgehead atoms. The van der Waals surface area contributed by atoms with E-state index in [4.69, 9.17) is 10.5 Å². The maximum absolute atomic E-state index is 11.8. The molecule has 0 amide bonds. The number of hydrogen-bond acceptors (Lipinski definition) is 7. The zero-order chi connectivity index (χ0) is 13.8. The van der Waals surface area contributed by atoms with Crippen LogP contribution in [0.5, 0.6) is 0 Å². The van der Waals surface area contributed by atoms with E-state index in [1.165, 1.54) is 0 Å². The molecule has 2 N–H and O–H groups in total. The minimum atomic E-state index is -0.712. The molecule has 9 nitrogen and oxygen atoms in total. The van der Waals surface area contributed by atoms with Crippen LogP contribution in [0.4, 0.5) is 11.4 Å². The second kappa shape index (κ2) is 5.76. The smallest absolute Gasteiger partial charge is 0.317 e. The highest BCUT2D eigenvalue weighted by molar-refractivity contribution is 5.54. The Morgan fingerprint density at radius 2 is 2.11 bits per heavy atom. The Labute approximate surface area is 108 Å². The number of nitrogens with zero attached hydrogens (tertiary/aromatic N) is 4. The summed E-state index contributed by atoms with van der Waals surface area (Å²) in [4.78, 5) is 23.8. The zero-order valence-corrected chi connectivity index (χ0v) is 10.3. The normalized spacial score (nSPS) is 16.4. The first-order valence-electron chi connectivity index (χ1n) is 5.89. The van der Waals surface area contributed by atoms with E-state index in [0.29, 0.717) is 26.3 Å². The Hall–Kier alpha value is -2.00. The fraction of sp³-hybridized carbons (Fsp3) is 0.600. The summed E-state index contributed by atoms with van der Waals surface area (Å²) in [5.74, 6) is 0. The Balaban J connectivity index is 2.06. The lowest BCUT2D eigenvalue weighted by molar-refractivity contribution is -0.384. The summed E-state index contributed by atoms with van der Waals surface area (Å²) < 4.78 is 6.37. The lowest BCUT2D eigenvalue weighted by atomic mass is 10.4. The van der Waals surface area contributed by atoms with Gasteiger partial charge >= 0.3 is 5.69 Å². The minimum absolute atomic E-state index is 0.348. The molecule has 1 aliphatic heterocycles. The first kappa shape index (κ1) is 13.4. The third kappa shape index (κ3) is 3.06. The summed E-state index contributed by atoms with van der Waals surface area (Å²) in [6.45, 7) is 3.93. The van der Waals surface area contributed by atoms with Gasteiger partial charge < -0.3 is 10.5 Å². The molecule has 0 aliphatic carbocycles. The van der Waals surface area contributed by atoms with E-state index in [-0.39, 0.29) is 5.69 Å². The number of morpholine rings is 1. The van der Waals surface area contributed by atoms with Crippen molar-refractivity contribution in [2.45, 2.75) is 6.54 Å². The van der Waals surface area contributed by atoms with E-state index >= 15 is 0 Å². The van der Waals surface area contributed by atoms with E-state index in [1.807, 2.05) is 0 Å². The van der Waals surface area contributed by atoms with Gasteiger partial charge in [-0.2, -0.15) is 5.10 Å². The van der Waals surface area contributed by atoms with Crippen molar-refractivity contribution in [1.82, 2.24) is 14.7 Å². The number of rotatable bonds is 4. The third-order valence-electron chi connectivity index (χ3n) is 2.99. The van der Waals surface area contributed by atoms with Gasteiger partial charge in [-0.25, -0.2) is 4.68 Å². The van der Waals surface area contributed by atoms with Crippen LogP contribution in [0, 0.1) is 10.1 Å². The quantitative estimate of drug-likeness (QED) is 0.554. The van der Waals surface area contributed by atoms with Crippen molar-refractivity contribution in [2.75, 3.05) is 38.6 Å². The summed E-state index contributed by atoms with van der Waals surface area (Å²) in [6.07, 6.45) is 1.01. The molecule has 1 aliphatic rings. The first-order valence-corrected chi connectivity index (χ1v) is 5.89. The molecule has 1 saturated heterocycles. The molecule has 2 heterocycles. The predicted octanol–water partition coefficient (Wildman–Crippen LogP) is -0.934. The van der Waals surface area contributed by atoms with E-state index in [0.717, 1.165) is 24.0 Å². The summed E-state index contributed by atoms with van der Waals surface area (Å²) in [7, 11) is 0. The number of aromatic nitrogens is 2. The summed E-state index contributed by atoms with van der Waals surface area (Å²) in [5.41, 5.74) is 4.00. The lowest BCUT2D eigenvalue weighted by Gasteiger charge is -2.26. The number of nitrogen functional groups attached to an aromatic ring is 1. The van der Waals surface area contributed by atoms with Crippen molar-refractivity contribution in [2.24, 2.45) is 0 Å². The average molecular weight is 269 g/mol. The molecule has 0 unspecified atom stereocenters. The van der Waals surface area contributed by atoms with Crippen LogP contribution in [0.2, 0.25) is 0 Å². The average Bonchev–Trinajstić information content (AvgIpc) is 2.41. The number of anilines is 1. The van der Waals surface area contributed by atoms with E-state index in [9.17, 15) is 14.9 Å². The van der Waals surface area contributed by atoms with Gasteiger partial charge in [0.2, 0.25) is 0 Å². The van der Waals surface area contributed by atoms with Crippen molar-refractivity contribution in [3.8, 4) is 0 Å². The van der Waals surface area contributed by atoms with Gasteiger partial charge in [0.1, 0.15) is 6.20 Å². The van der Waals surface area contributed by atoms with Gasteiger partial charge in [-0.3, -0.25) is 19.8 Å². The van der Waals surface area contributed by atoms with Crippen LogP contribution in [-0.4, -0.2) is 52.5 Å². The summed E-state index contributed by atoms with van der Waals surface area (Å²) in [5, 5.41) is 14.4. The van der Waals surface area contributed by atoms with E-state index in [1.54, 1.807) is 0 Å². The number of ether oxygens (including phenoxy) is 1. The first-order chi connectivity index (χ1) is 9.09. The largest absolute Gasteiger partial charge is 0.389 e. The van der Waals surface area contributed by atoms with Crippen LogP contribution in [0.25, 0.3) is 0 Å². The highest BCUT2D eigenvalue weighted by Crippen LogP contribution is 2.13. The Morgan fingerprint density at radius 1 is 1.42 bits per heavy atom. The minimum Gasteiger partial charge on any atom is -0.389 e. The van der Waals surface area contributed by atoms with Crippen molar-refractivity contribution < 1.29 is 9.66 Å². The summed E-state index contributed by atoms with van der Waals surface area (Å²) >= 11 is 0. The van der Waals surface area contributed by atoms with Gasteiger partial charge in [0.25, 0.3) is 5.56 Å². The zero-order valence-electron chi connectivity index (χ0n) is 10.3. The molecule has 0 saturated carbocycles. The van der Waals surface area contributed by atoms with Crippen LogP contribution in [0.1, 0.15) is 0 Å². The van der Waals surface area contributed by atoms with E-state index in [2.05, 4.69) is 10.00 Å². The number of hydrogen-bond donors (Lipinski definition) is 1. The lowest BCUT2D eigenvalue weighted by Crippen LogP contribution is -2.40. The molecular formula is C10H15N5O4. The number of nitro groups is 1. The fourth-order valence-corrected chi connectivity index (χ4v) is 1.86. The van der Waals surface area contributed by atoms with Crippen LogP contribution in [-0.2, 0) is 11.3 Å². The van der Waals surface area contributed by atoms with Gasteiger partial charge in [0.05, 0.1) is 24.7 Å². The van der Waals surface area contributed by atoms with Crippen LogP contribution >= 0.6 is 0 Å². The van der Waals surface area contributed by atoms with Crippen molar-refractivity contribution in [3.05, 3.63) is 26.7 Å². The van der Waals surface area contributed by atoms with Gasteiger partial charge in [-0.15, -0.1) is 0 Å². The third-order valence-corrected chi connectivity index (χ3v) is 2.99. The van der Waals surface area contributed by atoms with Gasteiger partial charge in [0, 0.05) is 19.6 Å². The maximum atomic E-state index is 11.8. The van der Waals surface area contributed by atoms with Gasteiger partial charge in [-0.05, 0) is 0 Å². The van der Waals surface area contributed by atoms with Crippen LogP contribution in [0.15, 0.2) is 11.0 Å². The molecule has 0 radical (unpaired) electrons. The van der Waals surface area contributed by atoms with Crippen molar-refractivity contribution >= 4 is 11.4 Å². The summed E-state index contributed by atoms with van der Waals surface area (Å²) in [6, 6.07) is 0. The van der Waals surface area contributed by atoms with Crippen LogP contribution < -0.4 is 11.3 Å². The molecule has 104 valence electrons. The van der Waals surface area contributed by atoms with Gasteiger partial charge in [0.15, 0.2) is 5.69 Å². The Morgan fingerprint density at radius 3 is 2.74 bits per heavy atom. The standard InChI is InChI=1S/C10H15N5O4/c11-9-8(15(17)18)7-12-14(10(9)16)2-1-13-3-5-19-6-4-13/h7H,1-6,11H2. The molecular weight excluding hydrogens is 254 g/mol. The molecule has 0 spiro atoms. The monoisotopic (exact) mass is 269 g/mol. The van der Waals surface area contributed by atoms with E-state index < -0.39 is 16.2 Å². The Bertz CT molecular complexity index is 523. The van der Waals surface area contributed by atoms with Crippen LogP contribution in [0.3, 0.4) is 0 Å². The van der Waals surface area contributed by atoms with Crippen molar-refractivity contribution in [3.63, 3.8) is 0 Å². The fourth-order valence-electron chi connectivity index (χ4n) is 1.86. The molecule has 9 heteroatoms. The predicted molar refractivity (Wildman–Crippen MR) is 66.8 cm³/mol. The molecule has 19 heavy (non-hydrogen) atoms. The molecule has 2 rings (SSSR count). The molecule has 0 aromatic carbocycles. The topological polar surface area (TPSA) is 117 Å². The second-order valence-electron chi connectivity index (χ2n) is 4.18. The molecule has 1 aromatic heterocycles. The number of nitrogens with two attached hydrogens (primary N) is 1. The second-order valence-corrected chi connectivity index (χ2v) is 4.18. The Kier molecular flexibility index (Phi) is 4.07. The highest BCUT2D eigenvalue weighted by atomic mass is 16.6. The van der Waals surface area contributed by atoms with Crippen molar-refractivity contribution in [1.29, 1.82) is 0 Å². The molecule has 0 atom stereocenters. The SMILES string of the molecule is Nc1c([N+](=O)[O-])cnn(CCN2CCOCC2)c1=O. The van der Waals surface area contributed by atoms with Gasteiger partial charge in [-0.1, -0.05) is 0 Å².